The number of carbonyl (C=O) groups is 1. The van der Waals surface area contributed by atoms with Crippen LogP contribution in [-0.4, -0.2) is 29.8 Å². The number of para-hydroxylation sites is 1. The summed E-state index contributed by atoms with van der Waals surface area (Å²) in [5.41, 5.74) is 4.32. The third-order valence-electron chi connectivity index (χ3n) is 4.51. The second-order valence-electron chi connectivity index (χ2n) is 6.51. The van der Waals surface area contributed by atoms with Gasteiger partial charge in [-0.25, -0.2) is 0 Å². The molecule has 0 aliphatic rings. The van der Waals surface area contributed by atoms with Crippen LogP contribution in [0.5, 0.6) is 0 Å². The molecule has 0 spiro atoms. The molecule has 0 fully saturated rings. The number of pyridine rings is 1. The number of carbonyl (C=O) groups excluding carboxylic acids is 1. The van der Waals surface area contributed by atoms with Crippen LogP contribution < -0.4 is 5.32 Å². The zero-order valence-corrected chi connectivity index (χ0v) is 16.3. The van der Waals surface area contributed by atoms with Gasteiger partial charge in [-0.2, -0.15) is 13.7 Å². The lowest BCUT2D eigenvalue weighted by Gasteiger charge is -2.10. The van der Waals surface area contributed by atoms with Crippen LogP contribution in [0.3, 0.4) is 0 Å². The summed E-state index contributed by atoms with van der Waals surface area (Å²) < 4.78 is 13.7. The van der Waals surface area contributed by atoms with E-state index in [1.807, 2.05) is 36.4 Å². The highest BCUT2D eigenvalue weighted by molar-refractivity contribution is 7.00. The van der Waals surface area contributed by atoms with E-state index >= 15 is 0 Å². The van der Waals surface area contributed by atoms with E-state index < -0.39 is 0 Å². The lowest BCUT2D eigenvalue weighted by Crippen LogP contribution is -2.13. The van der Waals surface area contributed by atoms with E-state index in [1.165, 1.54) is 0 Å². The van der Waals surface area contributed by atoms with Crippen LogP contribution in [0.15, 0.2) is 71.5 Å². The quantitative estimate of drug-likeness (QED) is 0.463. The van der Waals surface area contributed by atoms with Gasteiger partial charge in [-0.3, -0.25) is 9.78 Å². The Balaban J connectivity index is 1.36. The second kappa shape index (κ2) is 7.80. The molecule has 0 aliphatic carbocycles. The van der Waals surface area contributed by atoms with Gasteiger partial charge in [0.15, 0.2) is 0 Å². The van der Waals surface area contributed by atoms with Gasteiger partial charge in [-0.05, 0) is 42.0 Å². The van der Waals surface area contributed by atoms with Crippen molar-refractivity contribution in [2.75, 3.05) is 5.32 Å². The summed E-state index contributed by atoms with van der Waals surface area (Å²) in [4.78, 5) is 21.3. The zero-order valence-electron chi connectivity index (χ0n) is 15.5. The second-order valence-corrected chi connectivity index (χ2v) is 7.04. The minimum Gasteiger partial charge on any atom is -0.339 e. The van der Waals surface area contributed by atoms with Crippen molar-refractivity contribution in [2.24, 2.45) is 0 Å². The maximum atomic E-state index is 12.8. The van der Waals surface area contributed by atoms with Crippen molar-refractivity contribution in [1.82, 2.24) is 23.9 Å². The third kappa shape index (κ3) is 3.65. The molecule has 1 N–H and O–H groups in total. The van der Waals surface area contributed by atoms with Crippen LogP contribution in [0.25, 0.3) is 22.4 Å². The number of nitrogens with one attached hydrogen (secondary N) is 1. The van der Waals surface area contributed by atoms with Crippen LogP contribution in [0.1, 0.15) is 21.8 Å². The fraction of sp³-hybridized carbons (Fsp3) is 0.0476. The van der Waals surface area contributed by atoms with E-state index in [0.29, 0.717) is 34.9 Å². The number of fused-ring (bicyclic) bond motifs is 1. The first-order valence-electron chi connectivity index (χ1n) is 9.11. The van der Waals surface area contributed by atoms with Crippen molar-refractivity contribution in [3.05, 3.63) is 84.0 Å². The van der Waals surface area contributed by atoms with E-state index in [0.717, 1.165) is 28.4 Å². The zero-order chi connectivity index (χ0) is 20.3. The van der Waals surface area contributed by atoms with Gasteiger partial charge >= 0.3 is 0 Å². The summed E-state index contributed by atoms with van der Waals surface area (Å²) in [6.45, 7) is 0. The highest BCUT2D eigenvalue weighted by Gasteiger charge is 2.14. The molecule has 5 rings (SSSR count). The highest BCUT2D eigenvalue weighted by atomic mass is 32.1. The monoisotopic (exact) mass is 414 g/mol. The van der Waals surface area contributed by atoms with E-state index in [2.05, 4.69) is 29.2 Å². The Morgan fingerprint density at radius 1 is 1.03 bits per heavy atom. The molecule has 5 aromatic rings. The Kier molecular flexibility index (Phi) is 4.70. The number of rotatable bonds is 5. The number of nitrogens with zero attached hydrogens (tertiary/aromatic N) is 5. The number of hydrogen-bond donors (Lipinski definition) is 1. The highest BCUT2D eigenvalue weighted by Crippen LogP contribution is 2.22. The molecule has 9 heteroatoms. The van der Waals surface area contributed by atoms with Gasteiger partial charge in [-0.1, -0.05) is 23.4 Å². The van der Waals surface area contributed by atoms with Crippen LogP contribution in [0.4, 0.5) is 5.69 Å². The van der Waals surface area contributed by atoms with Gasteiger partial charge in [0.05, 0.1) is 18.1 Å². The van der Waals surface area contributed by atoms with Crippen molar-refractivity contribution in [2.45, 2.75) is 6.42 Å². The number of anilines is 1. The minimum absolute atomic E-state index is 0.223. The van der Waals surface area contributed by atoms with E-state index in [9.17, 15) is 4.79 Å². The Hall–Kier alpha value is -3.98. The number of amides is 1. The molecule has 30 heavy (non-hydrogen) atoms. The molecule has 1 amide bonds. The van der Waals surface area contributed by atoms with Crippen molar-refractivity contribution in [3.8, 4) is 11.4 Å². The third-order valence-corrected chi connectivity index (χ3v) is 5.07. The Morgan fingerprint density at radius 3 is 2.83 bits per heavy atom. The lowest BCUT2D eigenvalue weighted by atomic mass is 10.1. The van der Waals surface area contributed by atoms with Gasteiger partial charge < -0.3 is 9.84 Å². The van der Waals surface area contributed by atoms with Gasteiger partial charge in [0, 0.05) is 29.2 Å². The standard InChI is InChI=1S/C21H14N6O2S/c28-21(14-7-8-17-18(10-14)27-30-26-17)23-16-6-2-1-4-13(16)11-19-24-20(25-29-19)15-5-3-9-22-12-15/h1-10,12H,11H2,(H,23,28). The van der Waals surface area contributed by atoms with Gasteiger partial charge in [0.2, 0.25) is 11.7 Å². The van der Waals surface area contributed by atoms with Crippen molar-refractivity contribution in [3.63, 3.8) is 0 Å². The van der Waals surface area contributed by atoms with Crippen LogP contribution in [0, 0.1) is 0 Å². The van der Waals surface area contributed by atoms with Crippen LogP contribution in [-0.2, 0) is 6.42 Å². The van der Waals surface area contributed by atoms with Gasteiger partial charge in [0.25, 0.3) is 5.91 Å². The van der Waals surface area contributed by atoms with Crippen molar-refractivity contribution >= 4 is 34.4 Å². The predicted octanol–water partition coefficient (Wildman–Crippen LogP) is 3.98. The van der Waals surface area contributed by atoms with Crippen molar-refractivity contribution < 1.29 is 9.32 Å². The smallest absolute Gasteiger partial charge is 0.255 e. The summed E-state index contributed by atoms with van der Waals surface area (Å²) in [7, 11) is 0. The number of benzene rings is 2. The molecule has 0 saturated carbocycles. The first kappa shape index (κ1) is 18.1. The lowest BCUT2D eigenvalue weighted by molar-refractivity contribution is 0.102. The van der Waals surface area contributed by atoms with E-state index in [-0.39, 0.29) is 5.91 Å². The topological polar surface area (TPSA) is 107 Å². The molecule has 0 saturated heterocycles. The molecule has 2 aromatic carbocycles. The molecule has 3 heterocycles. The Morgan fingerprint density at radius 2 is 1.93 bits per heavy atom. The molecular weight excluding hydrogens is 400 g/mol. The molecule has 0 radical (unpaired) electrons. The number of aromatic nitrogens is 5. The largest absolute Gasteiger partial charge is 0.339 e. The minimum atomic E-state index is -0.223. The van der Waals surface area contributed by atoms with E-state index in [1.54, 1.807) is 30.6 Å². The Labute approximate surface area is 174 Å². The average Bonchev–Trinajstić information content (AvgIpc) is 3.44. The molecule has 0 bridgehead atoms. The summed E-state index contributed by atoms with van der Waals surface area (Å²) >= 11 is 1.12. The maximum absolute atomic E-state index is 12.8. The van der Waals surface area contributed by atoms with Gasteiger partial charge in [0.1, 0.15) is 11.0 Å². The fourth-order valence-corrected chi connectivity index (χ4v) is 3.53. The van der Waals surface area contributed by atoms with Crippen LogP contribution in [0.2, 0.25) is 0 Å². The summed E-state index contributed by atoms with van der Waals surface area (Å²) in [6, 6.07) is 16.5. The van der Waals surface area contributed by atoms with Gasteiger partial charge in [-0.15, -0.1) is 0 Å². The molecule has 146 valence electrons. The van der Waals surface area contributed by atoms with E-state index in [4.69, 9.17) is 4.52 Å². The summed E-state index contributed by atoms with van der Waals surface area (Å²) in [5.74, 6) is 0.703. The molecule has 8 nitrogen and oxygen atoms in total. The molecule has 3 aromatic heterocycles. The normalized spacial score (nSPS) is 10.9. The van der Waals surface area contributed by atoms with Crippen molar-refractivity contribution in [1.29, 1.82) is 0 Å². The first-order valence-corrected chi connectivity index (χ1v) is 9.84. The maximum Gasteiger partial charge on any atom is 0.255 e. The summed E-state index contributed by atoms with van der Waals surface area (Å²) in [5, 5.41) is 6.98. The van der Waals surface area contributed by atoms with Crippen LogP contribution >= 0.6 is 11.7 Å². The first-order chi connectivity index (χ1) is 14.8. The Bertz CT molecular complexity index is 1330. The summed E-state index contributed by atoms with van der Waals surface area (Å²) in [6.07, 6.45) is 3.75. The molecular formula is C21H14N6O2S. The number of hydrogen-bond acceptors (Lipinski definition) is 8. The fourth-order valence-electron chi connectivity index (χ4n) is 3.02. The molecule has 0 aliphatic heterocycles. The average molecular weight is 414 g/mol. The molecule has 0 atom stereocenters. The SMILES string of the molecule is O=C(Nc1ccccc1Cc1nc(-c2cccnc2)no1)c1ccc2nsnc2c1. The molecule has 0 unspecified atom stereocenters. The predicted molar refractivity (Wildman–Crippen MR) is 112 cm³/mol.